The minimum atomic E-state index is -1.76. The fraction of sp³-hybridized carbons (Fsp3) is 1.00. The van der Waals surface area contributed by atoms with Crippen LogP contribution in [0.15, 0.2) is 0 Å². The second kappa shape index (κ2) is 5.95. The Hall–Kier alpha value is 0.230. The highest BCUT2D eigenvalue weighted by Crippen LogP contribution is 2.32. The molecule has 0 aliphatic rings. The number of nitrogens with zero attached hydrogens (tertiary/aromatic N) is 1. The second-order valence-electron chi connectivity index (χ2n) is 3.27. The van der Waals surface area contributed by atoms with Gasteiger partial charge in [-0.2, -0.15) is 0 Å². The van der Waals surface area contributed by atoms with Gasteiger partial charge in [0.25, 0.3) is 0 Å². The van der Waals surface area contributed by atoms with E-state index in [0.29, 0.717) is 6.61 Å². The van der Waals surface area contributed by atoms with Gasteiger partial charge >= 0.3 is 0 Å². The van der Waals surface area contributed by atoms with E-state index in [-0.39, 0.29) is 5.92 Å². The highest BCUT2D eigenvalue weighted by atomic mass is 35.6. The molecule has 0 bridgehead atoms. The van der Waals surface area contributed by atoms with Gasteiger partial charge < -0.3 is 4.74 Å². The summed E-state index contributed by atoms with van der Waals surface area (Å²) in [4.78, 5) is 9.69. The lowest BCUT2D eigenvalue weighted by atomic mass is 10.2. The first-order valence-electron chi connectivity index (χ1n) is 4.03. The summed E-state index contributed by atoms with van der Waals surface area (Å²) in [5.41, 5.74) is 0. The van der Waals surface area contributed by atoms with Crippen molar-refractivity contribution in [2.24, 2.45) is 5.92 Å². The third kappa shape index (κ3) is 6.65. The van der Waals surface area contributed by atoms with Crippen molar-refractivity contribution in [2.75, 3.05) is 13.2 Å². The molecule has 0 aliphatic heterocycles. The Balaban J connectivity index is 4.19. The third-order valence-corrected chi connectivity index (χ3v) is 2.04. The average molecular weight is 265 g/mol. The zero-order valence-electron chi connectivity index (χ0n) is 7.87. The number of rotatable bonds is 5. The van der Waals surface area contributed by atoms with E-state index in [1.807, 2.05) is 13.8 Å². The Morgan fingerprint density at radius 1 is 1.43 bits per heavy atom. The first kappa shape index (κ1) is 14.2. The fourth-order valence-corrected chi connectivity index (χ4v) is 1.09. The molecule has 0 amide bonds. The molecule has 7 heteroatoms. The molecule has 4 nitrogen and oxygen atoms in total. The first-order valence-corrected chi connectivity index (χ1v) is 5.17. The Labute approximate surface area is 97.6 Å². The van der Waals surface area contributed by atoms with Crippen molar-refractivity contribution in [3.8, 4) is 0 Å². The topological polar surface area (TPSA) is 52.4 Å². The van der Waals surface area contributed by atoms with E-state index in [9.17, 15) is 10.1 Å². The minimum Gasteiger partial charge on any atom is -0.367 e. The molecule has 0 saturated heterocycles. The monoisotopic (exact) mass is 263 g/mol. The number of ether oxygens (including phenoxy) is 1. The molecule has 0 fully saturated rings. The Morgan fingerprint density at radius 2 is 1.93 bits per heavy atom. The van der Waals surface area contributed by atoms with Gasteiger partial charge in [-0.1, -0.05) is 48.7 Å². The van der Waals surface area contributed by atoms with E-state index < -0.39 is 21.4 Å². The summed E-state index contributed by atoms with van der Waals surface area (Å²) in [5.74, 6) is 0.233. The Kier molecular flexibility index (Phi) is 6.05. The van der Waals surface area contributed by atoms with Crippen LogP contribution in [0.4, 0.5) is 0 Å². The molecule has 0 aromatic carbocycles. The fourth-order valence-electron chi connectivity index (χ4n) is 0.695. The lowest BCUT2D eigenvalue weighted by molar-refractivity contribution is -0.491. The zero-order valence-corrected chi connectivity index (χ0v) is 10.1. The maximum absolute atomic E-state index is 10.3. The molecule has 0 heterocycles. The van der Waals surface area contributed by atoms with Gasteiger partial charge in [-0.3, -0.25) is 10.1 Å². The van der Waals surface area contributed by atoms with Crippen molar-refractivity contribution in [1.29, 1.82) is 0 Å². The highest BCUT2D eigenvalue weighted by Gasteiger charge is 2.37. The van der Waals surface area contributed by atoms with Crippen LogP contribution in [0.25, 0.3) is 0 Å². The van der Waals surface area contributed by atoms with Gasteiger partial charge in [0.05, 0.1) is 0 Å². The van der Waals surface area contributed by atoms with Crippen LogP contribution in [0.5, 0.6) is 0 Å². The summed E-state index contributed by atoms with van der Waals surface area (Å²) in [7, 11) is 0. The smallest absolute Gasteiger partial charge is 0.233 e. The van der Waals surface area contributed by atoms with Crippen LogP contribution in [0.2, 0.25) is 0 Å². The van der Waals surface area contributed by atoms with Gasteiger partial charge in [-0.25, -0.2) is 0 Å². The summed E-state index contributed by atoms with van der Waals surface area (Å²) in [6.07, 6.45) is -1.01. The van der Waals surface area contributed by atoms with Crippen molar-refractivity contribution in [2.45, 2.75) is 23.7 Å². The predicted molar refractivity (Wildman–Crippen MR) is 56.7 cm³/mol. The standard InChI is InChI=1S/C7H12Cl3NO3/c1-5(2)4-14-6(3-11(12)13)7(8,9)10/h5-6H,3-4H2,1-2H3. The number of hydrogen-bond donors (Lipinski definition) is 0. The normalized spacial score (nSPS) is 14.4. The van der Waals surface area contributed by atoms with Gasteiger partial charge in [-0.05, 0) is 5.92 Å². The average Bonchev–Trinajstić information content (AvgIpc) is 1.94. The Morgan fingerprint density at radius 3 is 2.21 bits per heavy atom. The van der Waals surface area contributed by atoms with Crippen LogP contribution in [0.3, 0.4) is 0 Å². The predicted octanol–water partition coefficient (Wildman–Crippen LogP) is 2.67. The van der Waals surface area contributed by atoms with Crippen LogP contribution in [0.1, 0.15) is 13.8 Å². The van der Waals surface area contributed by atoms with E-state index >= 15 is 0 Å². The van der Waals surface area contributed by atoms with Gasteiger partial charge in [0.1, 0.15) is 0 Å². The molecule has 0 radical (unpaired) electrons. The SMILES string of the molecule is CC(C)COC(C[N+](=O)[O-])C(Cl)(Cl)Cl. The van der Waals surface area contributed by atoms with Crippen LogP contribution in [0, 0.1) is 16.0 Å². The second-order valence-corrected chi connectivity index (χ2v) is 5.64. The van der Waals surface area contributed by atoms with E-state index in [4.69, 9.17) is 39.5 Å². The van der Waals surface area contributed by atoms with Crippen molar-refractivity contribution in [1.82, 2.24) is 0 Å². The summed E-state index contributed by atoms with van der Waals surface area (Å²) in [5, 5.41) is 10.3. The van der Waals surface area contributed by atoms with E-state index in [1.165, 1.54) is 0 Å². The van der Waals surface area contributed by atoms with Crippen molar-refractivity contribution < 1.29 is 9.66 Å². The highest BCUT2D eigenvalue weighted by molar-refractivity contribution is 6.68. The van der Waals surface area contributed by atoms with Crippen molar-refractivity contribution >= 4 is 34.8 Å². The van der Waals surface area contributed by atoms with Crippen molar-refractivity contribution in [3.05, 3.63) is 10.1 Å². The molecule has 0 rings (SSSR count). The molecular weight excluding hydrogens is 252 g/mol. The van der Waals surface area contributed by atoms with Crippen LogP contribution in [-0.4, -0.2) is 28.0 Å². The summed E-state index contributed by atoms with van der Waals surface area (Å²) < 4.78 is 3.38. The minimum absolute atomic E-state index is 0.233. The molecule has 14 heavy (non-hydrogen) atoms. The molecule has 0 N–H and O–H groups in total. The third-order valence-electron chi connectivity index (χ3n) is 1.31. The van der Waals surface area contributed by atoms with E-state index in [0.717, 1.165) is 0 Å². The first-order chi connectivity index (χ1) is 6.23. The number of alkyl halides is 3. The molecule has 0 aromatic rings. The van der Waals surface area contributed by atoms with Crippen molar-refractivity contribution in [3.63, 3.8) is 0 Å². The number of hydrogen-bond acceptors (Lipinski definition) is 3. The van der Waals surface area contributed by atoms with Gasteiger partial charge in [0.15, 0.2) is 6.10 Å². The van der Waals surface area contributed by atoms with E-state index in [1.54, 1.807) is 0 Å². The molecular formula is C7H12Cl3NO3. The van der Waals surface area contributed by atoms with Gasteiger partial charge in [0, 0.05) is 11.5 Å². The van der Waals surface area contributed by atoms with Gasteiger partial charge in [0.2, 0.25) is 10.3 Å². The maximum Gasteiger partial charge on any atom is 0.233 e. The quantitative estimate of drug-likeness (QED) is 0.436. The summed E-state index contributed by atoms with van der Waals surface area (Å²) >= 11 is 16.6. The largest absolute Gasteiger partial charge is 0.367 e. The van der Waals surface area contributed by atoms with E-state index in [2.05, 4.69) is 0 Å². The molecule has 0 saturated carbocycles. The molecule has 0 spiro atoms. The molecule has 84 valence electrons. The maximum atomic E-state index is 10.3. The van der Waals surface area contributed by atoms with Crippen LogP contribution >= 0.6 is 34.8 Å². The molecule has 1 atom stereocenters. The lowest BCUT2D eigenvalue weighted by Crippen LogP contribution is -2.36. The molecule has 0 aliphatic carbocycles. The lowest BCUT2D eigenvalue weighted by Gasteiger charge is -2.22. The van der Waals surface area contributed by atoms with Crippen LogP contribution < -0.4 is 0 Å². The Bertz CT molecular complexity index is 193. The molecule has 1 unspecified atom stereocenters. The van der Waals surface area contributed by atoms with Crippen LogP contribution in [-0.2, 0) is 4.74 Å². The summed E-state index contributed by atoms with van der Waals surface area (Å²) in [6, 6.07) is 0. The zero-order chi connectivity index (χ0) is 11.4. The number of halogens is 3. The van der Waals surface area contributed by atoms with Gasteiger partial charge in [-0.15, -0.1) is 0 Å². The summed E-state index contributed by atoms with van der Waals surface area (Å²) in [6.45, 7) is 3.62. The number of nitro groups is 1. The molecule has 0 aromatic heterocycles.